The van der Waals surface area contributed by atoms with Gasteiger partial charge in [0.2, 0.25) is 0 Å². The maximum absolute atomic E-state index is 11.9. The van der Waals surface area contributed by atoms with Crippen LogP contribution in [0.3, 0.4) is 0 Å². The third-order valence-electron chi connectivity index (χ3n) is 3.11. The van der Waals surface area contributed by atoms with Gasteiger partial charge in [0.25, 0.3) is 0 Å². The van der Waals surface area contributed by atoms with E-state index < -0.39 is 5.97 Å². The van der Waals surface area contributed by atoms with E-state index in [9.17, 15) is 4.79 Å². The molecule has 0 saturated heterocycles. The van der Waals surface area contributed by atoms with Gasteiger partial charge in [-0.05, 0) is 42.8 Å². The van der Waals surface area contributed by atoms with E-state index >= 15 is 0 Å². The standard InChI is InChI=1S/C19H17NO4/c1-3-23-16-8-4-14(5-9-16)7-11-19(21)24-17-10-6-15(13-20)12-18(17)22-2/h4-12H,3H2,1-2H3/b11-7+. The summed E-state index contributed by atoms with van der Waals surface area (Å²) in [6.07, 6.45) is 2.97. The van der Waals surface area contributed by atoms with Gasteiger partial charge in [-0.3, -0.25) is 0 Å². The van der Waals surface area contributed by atoms with Crippen molar-refractivity contribution in [3.05, 3.63) is 59.7 Å². The van der Waals surface area contributed by atoms with Crippen molar-refractivity contribution in [1.82, 2.24) is 0 Å². The highest BCUT2D eigenvalue weighted by atomic mass is 16.6. The largest absolute Gasteiger partial charge is 0.494 e. The van der Waals surface area contributed by atoms with Gasteiger partial charge in [0.05, 0.1) is 25.3 Å². The molecule has 24 heavy (non-hydrogen) atoms. The Morgan fingerprint density at radius 3 is 2.54 bits per heavy atom. The summed E-state index contributed by atoms with van der Waals surface area (Å²) in [7, 11) is 1.45. The third-order valence-corrected chi connectivity index (χ3v) is 3.11. The number of methoxy groups -OCH3 is 1. The number of hydrogen-bond acceptors (Lipinski definition) is 5. The highest BCUT2D eigenvalue weighted by Gasteiger charge is 2.09. The first-order chi connectivity index (χ1) is 11.7. The summed E-state index contributed by atoms with van der Waals surface area (Å²) >= 11 is 0. The molecule has 0 atom stereocenters. The van der Waals surface area contributed by atoms with Gasteiger partial charge in [-0.1, -0.05) is 12.1 Å². The van der Waals surface area contributed by atoms with Crippen molar-refractivity contribution in [3.8, 4) is 23.3 Å². The summed E-state index contributed by atoms with van der Waals surface area (Å²) in [5, 5.41) is 8.86. The lowest BCUT2D eigenvalue weighted by Gasteiger charge is -2.07. The molecule has 0 amide bonds. The smallest absolute Gasteiger partial charge is 0.336 e. The van der Waals surface area contributed by atoms with Gasteiger partial charge in [-0.25, -0.2) is 4.79 Å². The predicted molar refractivity (Wildman–Crippen MR) is 90.0 cm³/mol. The molecule has 0 heterocycles. The highest BCUT2D eigenvalue weighted by Crippen LogP contribution is 2.28. The fourth-order valence-electron chi connectivity index (χ4n) is 1.97. The summed E-state index contributed by atoms with van der Waals surface area (Å²) in [6, 6.07) is 13.9. The van der Waals surface area contributed by atoms with Crippen LogP contribution in [-0.4, -0.2) is 19.7 Å². The van der Waals surface area contributed by atoms with E-state index in [0.29, 0.717) is 17.9 Å². The average Bonchev–Trinajstić information content (AvgIpc) is 2.61. The summed E-state index contributed by atoms with van der Waals surface area (Å²) < 4.78 is 15.7. The Morgan fingerprint density at radius 2 is 1.92 bits per heavy atom. The third kappa shape index (κ3) is 4.62. The van der Waals surface area contributed by atoms with E-state index in [1.807, 2.05) is 37.3 Å². The minimum Gasteiger partial charge on any atom is -0.494 e. The number of carbonyl (C=O) groups is 1. The van der Waals surface area contributed by atoms with Gasteiger partial charge in [-0.2, -0.15) is 5.26 Å². The van der Waals surface area contributed by atoms with Crippen LogP contribution >= 0.6 is 0 Å². The number of rotatable bonds is 6. The molecule has 122 valence electrons. The van der Waals surface area contributed by atoms with Crippen LogP contribution in [0.1, 0.15) is 18.1 Å². The van der Waals surface area contributed by atoms with Crippen LogP contribution in [0.2, 0.25) is 0 Å². The summed E-state index contributed by atoms with van der Waals surface area (Å²) in [5.74, 6) is 0.834. The maximum atomic E-state index is 11.9. The lowest BCUT2D eigenvalue weighted by atomic mass is 10.2. The monoisotopic (exact) mass is 323 g/mol. The Kier molecular flexibility index (Phi) is 5.98. The second-order valence-corrected chi connectivity index (χ2v) is 4.73. The molecule has 0 unspecified atom stereocenters. The maximum Gasteiger partial charge on any atom is 0.336 e. The van der Waals surface area contributed by atoms with Gasteiger partial charge in [-0.15, -0.1) is 0 Å². The summed E-state index contributed by atoms with van der Waals surface area (Å²) in [5.41, 5.74) is 1.28. The molecule has 0 N–H and O–H groups in total. The number of ether oxygens (including phenoxy) is 3. The normalized spacial score (nSPS) is 10.2. The van der Waals surface area contributed by atoms with E-state index in [0.717, 1.165) is 11.3 Å². The molecule has 2 aromatic rings. The molecule has 0 spiro atoms. The molecule has 0 bridgehead atoms. The van der Waals surface area contributed by atoms with E-state index in [1.165, 1.54) is 25.3 Å². The Bertz CT molecular complexity index is 773. The van der Waals surface area contributed by atoms with Gasteiger partial charge in [0, 0.05) is 12.1 Å². The Hall–Kier alpha value is -3.26. The second-order valence-electron chi connectivity index (χ2n) is 4.73. The molecule has 2 rings (SSSR count). The fraction of sp³-hybridized carbons (Fsp3) is 0.158. The Morgan fingerprint density at radius 1 is 1.17 bits per heavy atom. The van der Waals surface area contributed by atoms with Gasteiger partial charge in [0.1, 0.15) is 5.75 Å². The van der Waals surface area contributed by atoms with E-state index in [1.54, 1.807) is 12.1 Å². The molecule has 0 aromatic heterocycles. The number of benzene rings is 2. The molecule has 2 aromatic carbocycles. The minimum atomic E-state index is -0.535. The van der Waals surface area contributed by atoms with Crippen molar-refractivity contribution in [2.24, 2.45) is 0 Å². The van der Waals surface area contributed by atoms with Crippen molar-refractivity contribution >= 4 is 12.0 Å². The molecule has 0 aliphatic rings. The molecule has 0 saturated carbocycles. The Balaban J connectivity index is 2.04. The molecule has 0 fully saturated rings. The number of esters is 1. The zero-order chi connectivity index (χ0) is 17.4. The first kappa shape index (κ1) is 17.1. The van der Waals surface area contributed by atoms with Crippen molar-refractivity contribution in [2.45, 2.75) is 6.92 Å². The fourth-order valence-corrected chi connectivity index (χ4v) is 1.97. The average molecular weight is 323 g/mol. The number of carbonyl (C=O) groups excluding carboxylic acids is 1. The molecule has 5 nitrogen and oxygen atoms in total. The number of nitriles is 1. The van der Waals surface area contributed by atoms with Crippen LogP contribution in [0.4, 0.5) is 0 Å². The predicted octanol–water partition coefficient (Wildman–Crippen LogP) is 3.58. The first-order valence-corrected chi connectivity index (χ1v) is 7.37. The molecule has 0 aliphatic carbocycles. The van der Waals surface area contributed by atoms with Gasteiger partial charge < -0.3 is 14.2 Å². The highest BCUT2D eigenvalue weighted by molar-refractivity contribution is 5.89. The second kappa shape index (κ2) is 8.39. The van der Waals surface area contributed by atoms with Crippen LogP contribution in [0, 0.1) is 11.3 Å². The van der Waals surface area contributed by atoms with Crippen LogP contribution in [0.25, 0.3) is 6.08 Å². The molecular formula is C19H17NO4. The molecule has 0 radical (unpaired) electrons. The number of nitrogens with zero attached hydrogens (tertiary/aromatic N) is 1. The van der Waals surface area contributed by atoms with Crippen molar-refractivity contribution in [2.75, 3.05) is 13.7 Å². The van der Waals surface area contributed by atoms with E-state index in [-0.39, 0.29) is 5.75 Å². The molecule has 0 aliphatic heterocycles. The van der Waals surface area contributed by atoms with Crippen molar-refractivity contribution < 1.29 is 19.0 Å². The summed E-state index contributed by atoms with van der Waals surface area (Å²) in [6.45, 7) is 2.52. The zero-order valence-electron chi connectivity index (χ0n) is 13.5. The number of hydrogen-bond donors (Lipinski definition) is 0. The van der Waals surface area contributed by atoms with E-state index in [4.69, 9.17) is 19.5 Å². The SMILES string of the molecule is CCOc1ccc(/C=C/C(=O)Oc2ccc(C#N)cc2OC)cc1. The van der Waals surface area contributed by atoms with Crippen LogP contribution in [0.15, 0.2) is 48.5 Å². The van der Waals surface area contributed by atoms with Crippen LogP contribution < -0.4 is 14.2 Å². The summed E-state index contributed by atoms with van der Waals surface area (Å²) in [4.78, 5) is 11.9. The van der Waals surface area contributed by atoms with Crippen LogP contribution in [-0.2, 0) is 4.79 Å². The van der Waals surface area contributed by atoms with Gasteiger partial charge >= 0.3 is 5.97 Å². The zero-order valence-corrected chi connectivity index (χ0v) is 13.5. The van der Waals surface area contributed by atoms with Gasteiger partial charge in [0.15, 0.2) is 11.5 Å². The lowest BCUT2D eigenvalue weighted by Crippen LogP contribution is -2.05. The quantitative estimate of drug-likeness (QED) is 0.462. The van der Waals surface area contributed by atoms with E-state index in [2.05, 4.69) is 0 Å². The van der Waals surface area contributed by atoms with Crippen molar-refractivity contribution in [1.29, 1.82) is 5.26 Å². The minimum absolute atomic E-state index is 0.262. The van der Waals surface area contributed by atoms with Crippen LogP contribution in [0.5, 0.6) is 17.2 Å². The molecular weight excluding hydrogens is 306 g/mol. The molecule has 5 heteroatoms. The van der Waals surface area contributed by atoms with Crippen molar-refractivity contribution in [3.63, 3.8) is 0 Å². The lowest BCUT2D eigenvalue weighted by molar-refractivity contribution is -0.129. The topological polar surface area (TPSA) is 68.5 Å². The first-order valence-electron chi connectivity index (χ1n) is 7.37. The Labute approximate surface area is 140 Å².